The first kappa shape index (κ1) is 14.4. The molecule has 2 N–H and O–H groups in total. The molecule has 6 heteroatoms. The highest BCUT2D eigenvalue weighted by Gasteiger charge is 2.13. The van der Waals surface area contributed by atoms with Gasteiger partial charge in [-0.2, -0.15) is 0 Å². The second-order valence-electron chi connectivity index (χ2n) is 4.08. The second-order valence-corrected chi connectivity index (χ2v) is 4.08. The molecule has 108 valence electrons. The lowest BCUT2D eigenvalue weighted by atomic mass is 10.1. The molecule has 0 spiro atoms. The van der Waals surface area contributed by atoms with Crippen LogP contribution in [0.15, 0.2) is 47.1 Å². The lowest BCUT2D eigenvalue weighted by molar-refractivity contribution is -0.136. The molecule has 0 fully saturated rings. The number of Topliss-reactive ketones (excluding diaryl/α,β-unsaturated/α-hetero) is 1. The van der Waals surface area contributed by atoms with Crippen molar-refractivity contribution in [2.24, 2.45) is 0 Å². The first-order chi connectivity index (χ1) is 10.1. The standard InChI is InChI=1S/C15H12O6/c16-10-3-5-12(13(17)8-10)14(18)9-21-15(19)6-4-11-2-1-7-20-11/h1-8,16-17H,9H2/b6-4+. The molecular weight excluding hydrogens is 276 g/mol. The van der Waals surface area contributed by atoms with Crippen molar-refractivity contribution in [1.29, 1.82) is 0 Å². The predicted molar refractivity (Wildman–Crippen MR) is 72.8 cm³/mol. The fourth-order valence-electron chi connectivity index (χ4n) is 1.55. The Balaban J connectivity index is 1.90. The highest BCUT2D eigenvalue weighted by atomic mass is 16.5. The van der Waals surface area contributed by atoms with Gasteiger partial charge in [-0.3, -0.25) is 4.79 Å². The van der Waals surface area contributed by atoms with E-state index in [2.05, 4.69) is 0 Å². The Morgan fingerprint density at radius 2 is 2.05 bits per heavy atom. The number of rotatable bonds is 5. The number of hydrogen-bond donors (Lipinski definition) is 2. The summed E-state index contributed by atoms with van der Waals surface area (Å²) < 4.78 is 9.74. The number of phenols is 2. The summed E-state index contributed by atoms with van der Waals surface area (Å²) in [6.45, 7) is -0.514. The summed E-state index contributed by atoms with van der Waals surface area (Å²) in [6, 6.07) is 6.86. The number of ether oxygens (including phenoxy) is 1. The van der Waals surface area contributed by atoms with Gasteiger partial charge in [-0.05, 0) is 30.3 Å². The number of phenolic OH excluding ortho intramolecular Hbond substituents is 2. The van der Waals surface area contributed by atoms with Crippen LogP contribution >= 0.6 is 0 Å². The van der Waals surface area contributed by atoms with Crippen LogP contribution in [0.3, 0.4) is 0 Å². The number of ketones is 1. The minimum atomic E-state index is -0.710. The van der Waals surface area contributed by atoms with E-state index in [1.54, 1.807) is 12.1 Å². The molecule has 1 aromatic carbocycles. The second kappa shape index (κ2) is 6.42. The van der Waals surface area contributed by atoms with Gasteiger partial charge in [0.15, 0.2) is 6.61 Å². The molecule has 6 nitrogen and oxygen atoms in total. The summed E-state index contributed by atoms with van der Waals surface area (Å²) in [7, 11) is 0. The number of furan rings is 1. The summed E-state index contributed by atoms with van der Waals surface area (Å²) in [6.07, 6.45) is 4.00. The Kier molecular flexibility index (Phi) is 4.40. The van der Waals surface area contributed by atoms with Crippen molar-refractivity contribution < 1.29 is 29.0 Å². The summed E-state index contributed by atoms with van der Waals surface area (Å²) >= 11 is 0. The zero-order valence-electron chi connectivity index (χ0n) is 10.9. The van der Waals surface area contributed by atoms with Crippen molar-refractivity contribution in [3.63, 3.8) is 0 Å². The topological polar surface area (TPSA) is 97.0 Å². The van der Waals surface area contributed by atoms with Gasteiger partial charge in [0.1, 0.15) is 17.3 Å². The zero-order valence-corrected chi connectivity index (χ0v) is 10.9. The molecular formula is C15H12O6. The van der Waals surface area contributed by atoms with E-state index in [4.69, 9.17) is 14.3 Å². The van der Waals surface area contributed by atoms with E-state index in [0.29, 0.717) is 5.76 Å². The summed E-state index contributed by atoms with van der Waals surface area (Å²) in [5.74, 6) is -1.34. The fourth-order valence-corrected chi connectivity index (χ4v) is 1.55. The Bertz CT molecular complexity index is 669. The SMILES string of the molecule is O=C(/C=C/c1ccco1)OCC(=O)c1ccc(O)cc1O. The third-order valence-corrected chi connectivity index (χ3v) is 2.55. The van der Waals surface area contributed by atoms with Crippen LogP contribution in [0.1, 0.15) is 16.1 Å². The average Bonchev–Trinajstić information content (AvgIpc) is 2.95. The van der Waals surface area contributed by atoms with Gasteiger partial charge in [0.2, 0.25) is 5.78 Å². The van der Waals surface area contributed by atoms with E-state index in [9.17, 15) is 14.7 Å². The van der Waals surface area contributed by atoms with Crippen molar-refractivity contribution in [3.05, 3.63) is 54.0 Å². The van der Waals surface area contributed by atoms with Crippen LogP contribution in [0.2, 0.25) is 0 Å². The third kappa shape index (κ3) is 3.97. The largest absolute Gasteiger partial charge is 0.508 e. The fraction of sp³-hybridized carbons (Fsp3) is 0.0667. The van der Waals surface area contributed by atoms with E-state index in [0.717, 1.165) is 12.1 Å². The van der Waals surface area contributed by atoms with Crippen LogP contribution < -0.4 is 0 Å². The summed E-state index contributed by atoms with van der Waals surface area (Å²) in [5.41, 5.74) is -0.0318. The lowest BCUT2D eigenvalue weighted by Crippen LogP contribution is -2.12. The Hall–Kier alpha value is -3.02. The monoisotopic (exact) mass is 288 g/mol. The molecule has 0 aliphatic heterocycles. The van der Waals surface area contributed by atoms with Crippen LogP contribution in [-0.4, -0.2) is 28.6 Å². The molecule has 2 aromatic rings. The van der Waals surface area contributed by atoms with Gasteiger partial charge in [0, 0.05) is 12.1 Å². The number of esters is 1. The van der Waals surface area contributed by atoms with Crippen molar-refractivity contribution >= 4 is 17.8 Å². The number of carbonyl (C=O) groups excluding carboxylic acids is 2. The molecule has 0 bridgehead atoms. The molecule has 0 atom stereocenters. The van der Waals surface area contributed by atoms with Crippen LogP contribution in [0.4, 0.5) is 0 Å². The summed E-state index contributed by atoms with van der Waals surface area (Å²) in [5, 5.41) is 18.6. The molecule has 0 unspecified atom stereocenters. The van der Waals surface area contributed by atoms with Crippen LogP contribution in [-0.2, 0) is 9.53 Å². The predicted octanol–water partition coefficient (Wildman–Crippen LogP) is 2.13. The first-order valence-corrected chi connectivity index (χ1v) is 6.00. The Labute approximate surface area is 119 Å². The van der Waals surface area contributed by atoms with Crippen molar-refractivity contribution in [2.75, 3.05) is 6.61 Å². The zero-order chi connectivity index (χ0) is 15.2. The van der Waals surface area contributed by atoms with Crippen LogP contribution in [0.5, 0.6) is 11.5 Å². The highest BCUT2D eigenvalue weighted by molar-refractivity contribution is 6.01. The van der Waals surface area contributed by atoms with Gasteiger partial charge in [-0.1, -0.05) is 0 Å². The molecule has 0 aliphatic rings. The maximum absolute atomic E-state index is 11.8. The third-order valence-electron chi connectivity index (χ3n) is 2.55. The summed E-state index contributed by atoms with van der Waals surface area (Å²) in [4.78, 5) is 23.2. The number of aromatic hydroxyl groups is 2. The van der Waals surface area contributed by atoms with Gasteiger partial charge in [0.05, 0.1) is 11.8 Å². The van der Waals surface area contributed by atoms with Gasteiger partial charge in [0.25, 0.3) is 0 Å². The van der Waals surface area contributed by atoms with Crippen molar-refractivity contribution in [2.45, 2.75) is 0 Å². The quantitative estimate of drug-likeness (QED) is 0.497. The van der Waals surface area contributed by atoms with Crippen molar-refractivity contribution in [3.8, 4) is 11.5 Å². The number of carbonyl (C=O) groups is 2. The molecule has 0 radical (unpaired) electrons. The minimum absolute atomic E-state index is 0.0318. The van der Waals surface area contributed by atoms with Gasteiger partial charge in [-0.25, -0.2) is 4.79 Å². The molecule has 0 saturated heterocycles. The van der Waals surface area contributed by atoms with Gasteiger partial charge in [-0.15, -0.1) is 0 Å². The Morgan fingerprint density at radius 1 is 1.24 bits per heavy atom. The molecule has 21 heavy (non-hydrogen) atoms. The van der Waals surface area contributed by atoms with Crippen LogP contribution in [0.25, 0.3) is 6.08 Å². The molecule has 2 rings (SSSR count). The maximum atomic E-state index is 11.8. The van der Waals surface area contributed by atoms with E-state index < -0.39 is 18.4 Å². The Morgan fingerprint density at radius 3 is 2.71 bits per heavy atom. The van der Waals surface area contributed by atoms with E-state index in [1.165, 1.54) is 24.5 Å². The molecule has 0 saturated carbocycles. The minimum Gasteiger partial charge on any atom is -0.508 e. The smallest absolute Gasteiger partial charge is 0.331 e. The van der Waals surface area contributed by atoms with Crippen molar-refractivity contribution in [1.82, 2.24) is 0 Å². The molecule has 1 aromatic heterocycles. The van der Waals surface area contributed by atoms with Gasteiger partial charge < -0.3 is 19.4 Å². The van der Waals surface area contributed by atoms with Gasteiger partial charge >= 0.3 is 5.97 Å². The van der Waals surface area contributed by atoms with E-state index >= 15 is 0 Å². The van der Waals surface area contributed by atoms with E-state index in [-0.39, 0.29) is 17.1 Å². The first-order valence-electron chi connectivity index (χ1n) is 6.00. The lowest BCUT2D eigenvalue weighted by Gasteiger charge is -2.04. The normalized spacial score (nSPS) is 10.7. The van der Waals surface area contributed by atoms with E-state index in [1.807, 2.05) is 0 Å². The molecule has 0 amide bonds. The number of hydrogen-bond acceptors (Lipinski definition) is 6. The molecule has 1 heterocycles. The average molecular weight is 288 g/mol. The van der Waals surface area contributed by atoms with Crippen LogP contribution in [0, 0.1) is 0 Å². The number of benzene rings is 1. The maximum Gasteiger partial charge on any atom is 0.331 e. The molecule has 0 aliphatic carbocycles. The highest BCUT2D eigenvalue weighted by Crippen LogP contribution is 2.22.